The van der Waals surface area contributed by atoms with Crippen LogP contribution in [0.25, 0.3) is 6.08 Å². The first kappa shape index (κ1) is 25.8. The molecule has 0 bridgehead atoms. The number of anilines is 2. The molecule has 4 aromatic rings. The Kier molecular flexibility index (Phi) is 6.35. The predicted octanol–water partition coefficient (Wildman–Crippen LogP) is 5.42. The number of para-hydroxylation sites is 1. The lowest BCUT2D eigenvalue weighted by molar-refractivity contribution is -0.151. The summed E-state index contributed by atoms with van der Waals surface area (Å²) in [5, 5.41) is 0. The van der Waals surface area contributed by atoms with E-state index in [9.17, 15) is 14.4 Å². The minimum Gasteiger partial charge on any atom is -0.497 e. The van der Waals surface area contributed by atoms with Gasteiger partial charge in [-0.25, -0.2) is 9.69 Å². The van der Waals surface area contributed by atoms with Crippen LogP contribution in [-0.4, -0.2) is 37.0 Å². The summed E-state index contributed by atoms with van der Waals surface area (Å²) in [6.07, 6.45) is 3.21. The van der Waals surface area contributed by atoms with Crippen molar-refractivity contribution in [2.24, 2.45) is 11.8 Å². The predicted molar refractivity (Wildman–Crippen MR) is 159 cm³/mol. The van der Waals surface area contributed by atoms with E-state index in [1.54, 1.807) is 31.4 Å². The first-order chi connectivity index (χ1) is 20.6. The van der Waals surface area contributed by atoms with Crippen molar-refractivity contribution < 1.29 is 23.9 Å². The van der Waals surface area contributed by atoms with Crippen LogP contribution >= 0.6 is 0 Å². The third kappa shape index (κ3) is 4.08. The van der Waals surface area contributed by atoms with Crippen LogP contribution < -0.4 is 14.5 Å². The lowest BCUT2D eigenvalue weighted by Crippen LogP contribution is -2.49. The van der Waals surface area contributed by atoms with E-state index >= 15 is 0 Å². The molecule has 7 heteroatoms. The van der Waals surface area contributed by atoms with Crippen molar-refractivity contribution in [2.45, 2.75) is 18.2 Å². The molecular weight excluding hydrogens is 528 g/mol. The van der Waals surface area contributed by atoms with E-state index < -0.39 is 41.9 Å². The van der Waals surface area contributed by atoms with E-state index in [1.807, 2.05) is 102 Å². The summed E-state index contributed by atoms with van der Waals surface area (Å²) in [6.45, 7) is 0. The van der Waals surface area contributed by atoms with Crippen molar-refractivity contribution in [1.82, 2.24) is 0 Å². The van der Waals surface area contributed by atoms with Gasteiger partial charge in [0.25, 0.3) is 0 Å². The molecular formula is C35H28N2O5. The maximum atomic E-state index is 14.4. The van der Waals surface area contributed by atoms with Gasteiger partial charge in [0.1, 0.15) is 11.8 Å². The Morgan fingerprint density at radius 1 is 0.738 bits per heavy atom. The number of fused-ring (bicyclic) bond motifs is 5. The molecule has 42 heavy (non-hydrogen) atoms. The zero-order valence-corrected chi connectivity index (χ0v) is 22.9. The summed E-state index contributed by atoms with van der Waals surface area (Å²) in [5.41, 5.74) is 3.80. The number of amides is 2. The maximum absolute atomic E-state index is 14.4. The van der Waals surface area contributed by atoms with Crippen molar-refractivity contribution in [2.75, 3.05) is 16.9 Å². The second kappa shape index (κ2) is 10.3. The number of carbonyl (C=O) groups excluding carboxylic acids is 3. The lowest BCUT2D eigenvalue weighted by atomic mass is 9.88. The van der Waals surface area contributed by atoms with Gasteiger partial charge >= 0.3 is 5.97 Å². The standard InChI is InChI=1S/C35H28N2O5/c1-41-26-19-17-25(18-20-26)36-33(38)29-28-21-16-22-10-8-9-15-27(22)37(28)31(30(29)34(36)39)35(40)42-32(23-11-4-2-5-12-23)24-13-6-3-7-14-24/h2-21,28-32H,1H3/t28-,29-,30-,31-/m0/s1. The van der Waals surface area contributed by atoms with Crippen LogP contribution in [0.3, 0.4) is 0 Å². The molecule has 7 rings (SSSR count). The van der Waals surface area contributed by atoms with Crippen molar-refractivity contribution in [3.8, 4) is 5.75 Å². The van der Waals surface area contributed by atoms with E-state index in [0.717, 1.165) is 22.4 Å². The Morgan fingerprint density at radius 3 is 1.98 bits per heavy atom. The molecule has 7 nitrogen and oxygen atoms in total. The molecule has 0 saturated carbocycles. The van der Waals surface area contributed by atoms with Crippen LogP contribution in [0.4, 0.5) is 11.4 Å². The van der Waals surface area contributed by atoms with E-state index in [4.69, 9.17) is 9.47 Å². The molecule has 3 heterocycles. The topological polar surface area (TPSA) is 76.1 Å². The number of rotatable bonds is 6. The number of nitrogens with zero attached hydrogens (tertiary/aromatic N) is 2. The summed E-state index contributed by atoms with van der Waals surface area (Å²) < 4.78 is 11.6. The number of esters is 1. The molecule has 0 aliphatic carbocycles. The third-order valence-corrected chi connectivity index (χ3v) is 8.43. The van der Waals surface area contributed by atoms with Gasteiger partial charge in [0, 0.05) is 5.69 Å². The van der Waals surface area contributed by atoms with E-state index in [2.05, 4.69) is 0 Å². The number of imide groups is 1. The van der Waals surface area contributed by atoms with Crippen LogP contribution in [0.15, 0.2) is 115 Å². The lowest BCUT2D eigenvalue weighted by Gasteiger charge is -2.36. The Bertz CT molecular complexity index is 1650. The summed E-state index contributed by atoms with van der Waals surface area (Å²) in [5.74, 6) is -2.33. The number of ether oxygens (including phenoxy) is 2. The van der Waals surface area contributed by atoms with Crippen molar-refractivity contribution in [3.63, 3.8) is 0 Å². The monoisotopic (exact) mass is 556 g/mol. The molecule has 2 saturated heterocycles. The van der Waals surface area contributed by atoms with Gasteiger partial charge in [0.05, 0.1) is 30.7 Å². The normalized spacial score (nSPS) is 22.1. The molecule has 0 N–H and O–H groups in total. The Labute approximate surface area is 243 Å². The van der Waals surface area contributed by atoms with Crippen molar-refractivity contribution in [3.05, 3.63) is 132 Å². The first-order valence-electron chi connectivity index (χ1n) is 13.9. The Morgan fingerprint density at radius 2 is 1.33 bits per heavy atom. The highest BCUT2D eigenvalue weighted by Crippen LogP contribution is 2.50. The van der Waals surface area contributed by atoms with E-state index in [0.29, 0.717) is 11.4 Å². The zero-order chi connectivity index (χ0) is 28.8. The molecule has 0 radical (unpaired) electrons. The highest BCUT2D eigenvalue weighted by molar-refractivity contribution is 6.24. The fourth-order valence-corrected chi connectivity index (χ4v) is 6.54. The van der Waals surface area contributed by atoms with Crippen LogP contribution in [0.1, 0.15) is 22.8 Å². The average molecular weight is 557 g/mol. The fraction of sp³-hybridized carbons (Fsp3) is 0.171. The Balaban J connectivity index is 1.31. The van der Waals surface area contributed by atoms with Gasteiger partial charge < -0.3 is 14.4 Å². The molecule has 0 spiro atoms. The molecule has 4 aromatic carbocycles. The van der Waals surface area contributed by atoms with Gasteiger partial charge in [0.2, 0.25) is 11.8 Å². The number of hydrogen-bond acceptors (Lipinski definition) is 6. The number of methoxy groups -OCH3 is 1. The second-order valence-electron chi connectivity index (χ2n) is 10.7. The van der Waals surface area contributed by atoms with E-state index in [1.165, 1.54) is 4.90 Å². The Hall–Kier alpha value is -5.17. The number of carbonyl (C=O) groups is 3. The molecule has 4 atom stereocenters. The fourth-order valence-electron chi connectivity index (χ4n) is 6.54. The van der Waals surface area contributed by atoms with Gasteiger partial charge in [0.15, 0.2) is 6.10 Å². The molecule has 3 aliphatic heterocycles. The van der Waals surface area contributed by atoms with Crippen molar-refractivity contribution >= 4 is 35.2 Å². The summed E-state index contributed by atoms with van der Waals surface area (Å²) >= 11 is 0. The number of hydrogen-bond donors (Lipinski definition) is 0. The van der Waals surface area contributed by atoms with Gasteiger partial charge in [-0.1, -0.05) is 91.0 Å². The summed E-state index contributed by atoms with van der Waals surface area (Å²) in [6, 6.07) is 32.1. The average Bonchev–Trinajstić information content (AvgIpc) is 3.53. The SMILES string of the molecule is COc1ccc(N2C(=O)[C@@H]3[C@H](C2=O)[C@@H](C(=O)OC(c2ccccc2)c2ccccc2)N2c4ccccc4C=C[C@@H]32)cc1. The smallest absolute Gasteiger partial charge is 0.330 e. The summed E-state index contributed by atoms with van der Waals surface area (Å²) in [7, 11) is 1.56. The molecule has 0 aromatic heterocycles. The largest absolute Gasteiger partial charge is 0.497 e. The third-order valence-electron chi connectivity index (χ3n) is 8.43. The number of benzene rings is 4. The minimum absolute atomic E-state index is 0.327. The molecule has 3 aliphatic rings. The van der Waals surface area contributed by atoms with Crippen LogP contribution in [0.5, 0.6) is 5.75 Å². The highest BCUT2D eigenvalue weighted by Gasteiger charge is 2.65. The molecule has 2 amide bonds. The molecule has 208 valence electrons. The maximum Gasteiger partial charge on any atom is 0.330 e. The van der Waals surface area contributed by atoms with E-state index in [-0.39, 0.29) is 5.91 Å². The molecule has 0 unspecified atom stereocenters. The van der Waals surface area contributed by atoms with Gasteiger partial charge in [-0.2, -0.15) is 0 Å². The van der Waals surface area contributed by atoms with Gasteiger partial charge in [-0.05, 0) is 47.0 Å². The quantitative estimate of drug-likeness (QED) is 0.233. The van der Waals surface area contributed by atoms with Crippen molar-refractivity contribution in [1.29, 1.82) is 0 Å². The van der Waals surface area contributed by atoms with Gasteiger partial charge in [-0.3, -0.25) is 9.59 Å². The van der Waals surface area contributed by atoms with Gasteiger partial charge in [-0.15, -0.1) is 0 Å². The minimum atomic E-state index is -0.999. The zero-order valence-electron chi connectivity index (χ0n) is 22.9. The highest BCUT2D eigenvalue weighted by atomic mass is 16.5. The second-order valence-corrected chi connectivity index (χ2v) is 10.7. The first-order valence-corrected chi connectivity index (χ1v) is 13.9. The van der Waals surface area contributed by atoms with Crippen LogP contribution in [-0.2, 0) is 19.1 Å². The van der Waals surface area contributed by atoms with Crippen LogP contribution in [0, 0.1) is 11.8 Å². The molecule has 2 fully saturated rings. The summed E-state index contributed by atoms with van der Waals surface area (Å²) in [4.78, 5) is 45.7. The van der Waals surface area contributed by atoms with Crippen LogP contribution in [0.2, 0.25) is 0 Å².